The predicted octanol–water partition coefficient (Wildman–Crippen LogP) is 5.91. The third-order valence-corrected chi connectivity index (χ3v) is 6.67. The maximum Gasteiger partial charge on any atom is 0.255 e. The van der Waals surface area contributed by atoms with E-state index in [0.717, 1.165) is 55.8 Å². The van der Waals surface area contributed by atoms with E-state index < -0.39 is 0 Å². The molecule has 5 aromatic heterocycles. The Bertz CT molecular complexity index is 1980. The van der Waals surface area contributed by atoms with E-state index in [2.05, 4.69) is 47.6 Å². The van der Waals surface area contributed by atoms with Crippen molar-refractivity contribution in [1.82, 2.24) is 34.7 Å². The van der Waals surface area contributed by atoms with Gasteiger partial charge in [0.25, 0.3) is 5.91 Å². The second kappa shape index (κ2) is 9.07. The van der Waals surface area contributed by atoms with Crippen LogP contribution in [0.5, 0.6) is 0 Å². The van der Waals surface area contributed by atoms with E-state index in [0.29, 0.717) is 11.3 Å². The maximum absolute atomic E-state index is 12.6. The molecule has 9 heteroatoms. The lowest BCUT2D eigenvalue weighted by molar-refractivity contribution is 0.102. The summed E-state index contributed by atoms with van der Waals surface area (Å²) in [6.07, 6.45) is 8.93. The Kier molecular flexibility index (Phi) is 5.26. The molecule has 0 unspecified atom stereocenters. The molecule has 1 amide bonds. The van der Waals surface area contributed by atoms with Gasteiger partial charge in [-0.05, 0) is 55.0 Å². The Morgan fingerprint density at radius 3 is 2.64 bits per heavy atom. The van der Waals surface area contributed by atoms with Crippen LogP contribution in [-0.2, 0) is 0 Å². The fraction of sp³-hybridized carbons (Fsp3) is 0.0333. The summed E-state index contributed by atoms with van der Waals surface area (Å²) in [5, 5.41) is 12.6. The Morgan fingerprint density at radius 1 is 0.897 bits per heavy atom. The van der Waals surface area contributed by atoms with E-state index in [-0.39, 0.29) is 5.91 Å². The molecule has 0 bridgehead atoms. The van der Waals surface area contributed by atoms with Gasteiger partial charge in [0.1, 0.15) is 17.8 Å². The van der Waals surface area contributed by atoms with Crippen LogP contribution in [-0.4, -0.2) is 40.6 Å². The molecule has 5 heterocycles. The van der Waals surface area contributed by atoms with Crippen molar-refractivity contribution >= 4 is 33.4 Å². The molecule has 0 fully saturated rings. The Hall–Kier alpha value is -5.57. The molecule has 7 rings (SSSR count). The fourth-order valence-electron chi connectivity index (χ4n) is 4.77. The lowest BCUT2D eigenvalue weighted by Gasteiger charge is -2.08. The van der Waals surface area contributed by atoms with Crippen LogP contribution in [0.2, 0.25) is 0 Å². The van der Waals surface area contributed by atoms with Gasteiger partial charge in [0.15, 0.2) is 0 Å². The highest BCUT2D eigenvalue weighted by Crippen LogP contribution is 2.33. The van der Waals surface area contributed by atoms with E-state index in [1.165, 1.54) is 0 Å². The van der Waals surface area contributed by atoms with Crippen LogP contribution in [0.3, 0.4) is 0 Å². The molecule has 7 aromatic rings. The third-order valence-electron chi connectivity index (χ3n) is 6.67. The number of hydrogen-bond donors (Lipinski definition) is 3. The molecule has 0 radical (unpaired) electrons. The van der Waals surface area contributed by atoms with Crippen molar-refractivity contribution in [1.29, 1.82) is 0 Å². The first-order chi connectivity index (χ1) is 19.1. The summed E-state index contributed by atoms with van der Waals surface area (Å²) in [5.41, 5.74) is 7.53. The third kappa shape index (κ3) is 4.11. The molecule has 0 spiro atoms. The topological polar surface area (TPSA) is 117 Å². The van der Waals surface area contributed by atoms with Gasteiger partial charge in [0.05, 0.1) is 34.3 Å². The van der Waals surface area contributed by atoms with E-state index >= 15 is 0 Å². The number of aromatic nitrogens is 7. The molecule has 2 aromatic carbocycles. The first-order valence-electron chi connectivity index (χ1n) is 12.4. The summed E-state index contributed by atoms with van der Waals surface area (Å²) in [7, 11) is 0. The lowest BCUT2D eigenvalue weighted by atomic mass is 10.0. The first kappa shape index (κ1) is 22.6. The van der Waals surface area contributed by atoms with Crippen molar-refractivity contribution in [2.24, 2.45) is 0 Å². The standard InChI is InChI=1S/C30H22N8O/c1-18-16-38(17-33-18)29-24-13-27(35-25(24)9-10-32-29)28-23-12-20(7-8-26(23)36-37-28)21-11-22(15-31-14-21)34-30(39)19-5-3-2-4-6-19/h2-17,35H,1H3,(H,34,39)(H,36,37). The van der Waals surface area contributed by atoms with Crippen molar-refractivity contribution in [3.8, 4) is 28.3 Å². The molecule has 0 aliphatic rings. The highest BCUT2D eigenvalue weighted by atomic mass is 16.1. The number of aromatic amines is 2. The average molecular weight is 511 g/mol. The van der Waals surface area contributed by atoms with E-state index in [1.54, 1.807) is 37.1 Å². The Balaban J connectivity index is 1.25. The van der Waals surface area contributed by atoms with Gasteiger partial charge >= 0.3 is 0 Å². The molecule has 0 saturated carbocycles. The Labute approximate surface area is 222 Å². The normalized spacial score (nSPS) is 11.3. The van der Waals surface area contributed by atoms with Gasteiger partial charge in [0, 0.05) is 40.5 Å². The zero-order chi connectivity index (χ0) is 26.3. The van der Waals surface area contributed by atoms with Crippen LogP contribution < -0.4 is 5.32 Å². The first-order valence-corrected chi connectivity index (χ1v) is 12.4. The molecule has 3 N–H and O–H groups in total. The summed E-state index contributed by atoms with van der Waals surface area (Å²) in [5.74, 6) is 0.622. The van der Waals surface area contributed by atoms with Gasteiger partial charge in [-0.15, -0.1) is 0 Å². The quantitative estimate of drug-likeness (QED) is 0.266. The summed E-state index contributed by atoms with van der Waals surface area (Å²) in [6.45, 7) is 1.95. The molecule has 0 aliphatic carbocycles. The summed E-state index contributed by atoms with van der Waals surface area (Å²) in [6, 6.07) is 21.1. The second-order valence-corrected chi connectivity index (χ2v) is 9.32. The van der Waals surface area contributed by atoms with Crippen LogP contribution >= 0.6 is 0 Å². The van der Waals surface area contributed by atoms with E-state index in [4.69, 9.17) is 0 Å². The van der Waals surface area contributed by atoms with Crippen molar-refractivity contribution in [3.05, 3.63) is 109 Å². The van der Waals surface area contributed by atoms with Gasteiger partial charge < -0.3 is 10.3 Å². The van der Waals surface area contributed by atoms with Crippen LogP contribution in [0.25, 0.3) is 50.1 Å². The molecule has 0 aliphatic heterocycles. The van der Waals surface area contributed by atoms with Gasteiger partial charge in [-0.25, -0.2) is 9.97 Å². The van der Waals surface area contributed by atoms with Gasteiger partial charge in [0.2, 0.25) is 0 Å². The second-order valence-electron chi connectivity index (χ2n) is 9.32. The summed E-state index contributed by atoms with van der Waals surface area (Å²) >= 11 is 0. The molecule has 0 saturated heterocycles. The fourth-order valence-corrected chi connectivity index (χ4v) is 4.77. The molecule has 0 atom stereocenters. The van der Waals surface area contributed by atoms with E-state index in [1.807, 2.05) is 60.2 Å². The number of amides is 1. The number of carbonyl (C=O) groups is 1. The smallest absolute Gasteiger partial charge is 0.255 e. The monoisotopic (exact) mass is 510 g/mol. The van der Waals surface area contributed by atoms with Gasteiger partial charge in [-0.2, -0.15) is 5.10 Å². The molecule has 188 valence electrons. The van der Waals surface area contributed by atoms with Crippen molar-refractivity contribution in [2.45, 2.75) is 6.92 Å². The van der Waals surface area contributed by atoms with Gasteiger partial charge in [-0.1, -0.05) is 24.3 Å². The number of benzene rings is 2. The van der Waals surface area contributed by atoms with Gasteiger partial charge in [-0.3, -0.25) is 19.4 Å². The zero-order valence-corrected chi connectivity index (χ0v) is 20.9. The largest absolute Gasteiger partial charge is 0.353 e. The highest BCUT2D eigenvalue weighted by Gasteiger charge is 2.15. The van der Waals surface area contributed by atoms with Crippen molar-refractivity contribution in [2.75, 3.05) is 5.32 Å². The number of H-pyrrole nitrogens is 2. The number of carbonyl (C=O) groups excluding carboxylic acids is 1. The minimum Gasteiger partial charge on any atom is -0.353 e. The molecule has 39 heavy (non-hydrogen) atoms. The number of anilines is 1. The number of pyridine rings is 2. The number of nitrogens with zero attached hydrogens (tertiary/aromatic N) is 5. The number of nitrogens with one attached hydrogen (secondary N) is 3. The predicted molar refractivity (Wildman–Crippen MR) is 151 cm³/mol. The maximum atomic E-state index is 12.6. The van der Waals surface area contributed by atoms with Crippen LogP contribution in [0, 0.1) is 6.92 Å². The van der Waals surface area contributed by atoms with Crippen molar-refractivity contribution < 1.29 is 4.79 Å². The van der Waals surface area contributed by atoms with Crippen LogP contribution in [0.15, 0.2) is 97.8 Å². The highest BCUT2D eigenvalue weighted by molar-refractivity contribution is 6.04. The molecule has 9 nitrogen and oxygen atoms in total. The van der Waals surface area contributed by atoms with Crippen LogP contribution in [0.1, 0.15) is 16.1 Å². The number of fused-ring (bicyclic) bond motifs is 2. The number of aryl methyl sites for hydroxylation is 1. The van der Waals surface area contributed by atoms with Crippen molar-refractivity contribution in [3.63, 3.8) is 0 Å². The molecular formula is C30H22N8O. The minimum absolute atomic E-state index is 0.180. The molecular weight excluding hydrogens is 488 g/mol. The van der Waals surface area contributed by atoms with Crippen LogP contribution in [0.4, 0.5) is 5.69 Å². The summed E-state index contributed by atoms with van der Waals surface area (Å²) in [4.78, 5) is 29.4. The lowest BCUT2D eigenvalue weighted by Crippen LogP contribution is -2.11. The SMILES string of the molecule is Cc1cn(-c2nccc3[nH]c(-c4n[nH]c5ccc(-c6cncc(NC(=O)c7ccccc7)c6)cc45)cc23)cn1. The summed E-state index contributed by atoms with van der Waals surface area (Å²) < 4.78 is 1.92. The van der Waals surface area contributed by atoms with E-state index in [9.17, 15) is 4.79 Å². The zero-order valence-electron chi connectivity index (χ0n) is 20.9. The average Bonchev–Trinajstić information content (AvgIpc) is 3.71. The number of imidazole rings is 1. The number of rotatable bonds is 5. The number of hydrogen-bond acceptors (Lipinski definition) is 5. The Morgan fingerprint density at radius 2 is 1.79 bits per heavy atom. The minimum atomic E-state index is -0.180.